The van der Waals surface area contributed by atoms with Crippen LogP contribution in [-0.2, 0) is 9.84 Å². The first-order valence-corrected chi connectivity index (χ1v) is 12.7. The average Bonchev–Trinajstić information content (AvgIpc) is 3.33. The molecule has 1 heterocycles. The van der Waals surface area contributed by atoms with Crippen molar-refractivity contribution in [3.05, 3.63) is 66.2 Å². The third-order valence-electron chi connectivity index (χ3n) is 5.81. The Morgan fingerprint density at radius 2 is 1.62 bits per heavy atom. The fraction of sp³-hybridized carbons (Fsp3) is 0.458. The summed E-state index contributed by atoms with van der Waals surface area (Å²) in [6, 6.07) is 19.2. The predicted octanol–water partition coefficient (Wildman–Crippen LogP) is 3.86. The van der Waals surface area contributed by atoms with Gasteiger partial charge in [-0.05, 0) is 50.0 Å². The first kappa shape index (κ1) is 26.6. The van der Waals surface area contributed by atoms with E-state index in [-0.39, 0.29) is 41.8 Å². The minimum Gasteiger partial charge on any atom is -0.354 e. The van der Waals surface area contributed by atoms with Crippen molar-refractivity contribution in [3.63, 3.8) is 0 Å². The zero-order chi connectivity index (χ0) is 22.1. The van der Waals surface area contributed by atoms with Gasteiger partial charge in [0.2, 0.25) is 0 Å². The SMILES string of the molecule is CCC(CS(=O)(=O)c1ccccc1)NC(=NC)NCC(c1ccccc1)N1CCCC1.I. The summed E-state index contributed by atoms with van der Waals surface area (Å²) >= 11 is 0. The number of guanidine groups is 1. The first-order valence-electron chi connectivity index (χ1n) is 11.1. The van der Waals surface area contributed by atoms with Crippen LogP contribution in [0.1, 0.15) is 37.8 Å². The van der Waals surface area contributed by atoms with Gasteiger partial charge in [0, 0.05) is 19.6 Å². The molecule has 0 radical (unpaired) electrons. The number of rotatable bonds is 9. The molecule has 2 aromatic rings. The molecule has 0 spiro atoms. The van der Waals surface area contributed by atoms with Crippen LogP contribution in [0.3, 0.4) is 0 Å². The molecule has 2 N–H and O–H groups in total. The molecular weight excluding hydrogens is 535 g/mol. The van der Waals surface area contributed by atoms with Gasteiger partial charge >= 0.3 is 0 Å². The smallest absolute Gasteiger partial charge is 0.191 e. The predicted molar refractivity (Wildman–Crippen MR) is 142 cm³/mol. The van der Waals surface area contributed by atoms with Gasteiger partial charge in [0.1, 0.15) is 0 Å². The second-order valence-corrected chi connectivity index (χ2v) is 10.0. The highest BCUT2D eigenvalue weighted by molar-refractivity contribution is 14.0. The lowest BCUT2D eigenvalue weighted by Gasteiger charge is -2.29. The van der Waals surface area contributed by atoms with Gasteiger partial charge in [0.15, 0.2) is 15.8 Å². The number of likely N-dealkylation sites (tertiary alicyclic amines) is 1. The number of hydrogen-bond donors (Lipinski definition) is 2. The molecule has 32 heavy (non-hydrogen) atoms. The molecule has 1 aliphatic heterocycles. The summed E-state index contributed by atoms with van der Waals surface area (Å²) in [7, 11) is -1.64. The van der Waals surface area contributed by atoms with Gasteiger partial charge in [0.25, 0.3) is 0 Å². The number of hydrogen-bond acceptors (Lipinski definition) is 4. The molecule has 3 rings (SSSR count). The van der Waals surface area contributed by atoms with Crippen molar-refractivity contribution >= 4 is 39.8 Å². The zero-order valence-corrected chi connectivity index (χ0v) is 22.1. The third kappa shape index (κ3) is 7.45. The lowest BCUT2D eigenvalue weighted by molar-refractivity contribution is 0.245. The van der Waals surface area contributed by atoms with Gasteiger partial charge in [-0.25, -0.2) is 8.42 Å². The summed E-state index contributed by atoms with van der Waals surface area (Å²) < 4.78 is 25.6. The van der Waals surface area contributed by atoms with Gasteiger partial charge in [0.05, 0.1) is 16.7 Å². The van der Waals surface area contributed by atoms with Crippen LogP contribution in [0, 0.1) is 0 Å². The molecule has 0 saturated carbocycles. The highest BCUT2D eigenvalue weighted by Gasteiger charge is 2.25. The van der Waals surface area contributed by atoms with Crippen LogP contribution in [0.2, 0.25) is 0 Å². The van der Waals surface area contributed by atoms with E-state index in [9.17, 15) is 8.42 Å². The summed E-state index contributed by atoms with van der Waals surface area (Å²) in [6.45, 7) is 4.90. The quantitative estimate of drug-likeness (QED) is 0.272. The van der Waals surface area contributed by atoms with Gasteiger partial charge in [-0.1, -0.05) is 55.5 Å². The van der Waals surface area contributed by atoms with Crippen molar-refractivity contribution in [2.75, 3.05) is 32.4 Å². The highest BCUT2D eigenvalue weighted by Crippen LogP contribution is 2.24. The Hall–Kier alpha value is -1.65. The number of sulfone groups is 1. The minimum atomic E-state index is -3.37. The van der Waals surface area contributed by atoms with E-state index in [1.807, 2.05) is 19.1 Å². The fourth-order valence-electron chi connectivity index (χ4n) is 4.02. The summed E-state index contributed by atoms with van der Waals surface area (Å²) in [5.74, 6) is 0.665. The number of nitrogens with zero attached hydrogens (tertiary/aromatic N) is 2. The molecule has 1 fully saturated rings. The van der Waals surface area contributed by atoms with Crippen LogP contribution in [0.5, 0.6) is 0 Å². The van der Waals surface area contributed by atoms with E-state index in [4.69, 9.17) is 0 Å². The van der Waals surface area contributed by atoms with Crippen molar-refractivity contribution in [1.82, 2.24) is 15.5 Å². The largest absolute Gasteiger partial charge is 0.354 e. The molecule has 176 valence electrons. The molecule has 0 amide bonds. The maximum atomic E-state index is 12.8. The fourth-order valence-corrected chi connectivity index (χ4v) is 5.63. The van der Waals surface area contributed by atoms with E-state index >= 15 is 0 Å². The van der Waals surface area contributed by atoms with Gasteiger partial charge in [-0.2, -0.15) is 0 Å². The Balaban J connectivity index is 0.00000363. The van der Waals surface area contributed by atoms with Crippen molar-refractivity contribution in [3.8, 4) is 0 Å². The van der Waals surface area contributed by atoms with Crippen LogP contribution in [-0.4, -0.2) is 57.8 Å². The van der Waals surface area contributed by atoms with Crippen LogP contribution >= 0.6 is 24.0 Å². The van der Waals surface area contributed by atoms with E-state index in [2.05, 4.69) is 44.8 Å². The number of nitrogens with one attached hydrogen (secondary N) is 2. The van der Waals surface area contributed by atoms with Gasteiger partial charge < -0.3 is 10.6 Å². The van der Waals surface area contributed by atoms with E-state index in [0.29, 0.717) is 23.8 Å². The molecule has 1 aliphatic rings. The van der Waals surface area contributed by atoms with Crippen molar-refractivity contribution in [1.29, 1.82) is 0 Å². The standard InChI is InChI=1S/C24H34N4O2S.HI/c1-3-21(19-31(29,30)22-14-8-5-9-15-22)27-24(25-2)26-18-23(28-16-10-11-17-28)20-12-6-4-7-13-20;/h4-9,12-15,21,23H,3,10-11,16-19H2,1-2H3,(H2,25,26,27);1H. The van der Waals surface area contributed by atoms with Gasteiger partial charge in [-0.15, -0.1) is 24.0 Å². The summed E-state index contributed by atoms with van der Waals surface area (Å²) in [5, 5.41) is 6.76. The summed E-state index contributed by atoms with van der Waals surface area (Å²) in [6.07, 6.45) is 3.14. The first-order chi connectivity index (χ1) is 15.0. The molecule has 2 unspecified atom stereocenters. The topological polar surface area (TPSA) is 73.8 Å². The molecule has 1 saturated heterocycles. The van der Waals surface area contributed by atoms with Crippen LogP contribution in [0.15, 0.2) is 70.6 Å². The van der Waals surface area contributed by atoms with Crippen LogP contribution < -0.4 is 10.6 Å². The maximum Gasteiger partial charge on any atom is 0.191 e. The Kier molecular flexibility index (Phi) is 10.9. The van der Waals surface area contributed by atoms with Gasteiger partial charge in [-0.3, -0.25) is 9.89 Å². The normalized spacial score (nSPS) is 16.8. The lowest BCUT2D eigenvalue weighted by atomic mass is 10.1. The summed E-state index contributed by atoms with van der Waals surface area (Å²) in [5.41, 5.74) is 1.28. The van der Waals surface area contributed by atoms with Crippen molar-refractivity contribution < 1.29 is 8.42 Å². The molecule has 0 aromatic heterocycles. The van der Waals surface area contributed by atoms with E-state index in [1.165, 1.54) is 18.4 Å². The Bertz CT molecular complexity index is 933. The van der Waals surface area contributed by atoms with Crippen LogP contribution in [0.25, 0.3) is 0 Å². The highest BCUT2D eigenvalue weighted by atomic mass is 127. The molecule has 2 aromatic carbocycles. The molecular formula is C24H35IN4O2S. The Morgan fingerprint density at radius 1 is 1.03 bits per heavy atom. The second-order valence-electron chi connectivity index (χ2n) is 7.97. The molecule has 0 aliphatic carbocycles. The number of benzene rings is 2. The Labute approximate surface area is 209 Å². The second kappa shape index (κ2) is 13.2. The zero-order valence-electron chi connectivity index (χ0n) is 18.9. The monoisotopic (exact) mass is 570 g/mol. The third-order valence-corrected chi connectivity index (χ3v) is 7.64. The lowest BCUT2D eigenvalue weighted by Crippen LogP contribution is -2.48. The van der Waals surface area contributed by atoms with Crippen molar-refractivity contribution in [2.24, 2.45) is 4.99 Å². The van der Waals surface area contributed by atoms with Crippen LogP contribution in [0.4, 0.5) is 0 Å². The van der Waals surface area contributed by atoms with Crippen molar-refractivity contribution in [2.45, 2.75) is 43.2 Å². The molecule has 2 atom stereocenters. The number of aliphatic imine (C=N–C) groups is 1. The maximum absolute atomic E-state index is 12.8. The van der Waals surface area contributed by atoms with E-state index < -0.39 is 9.84 Å². The van der Waals surface area contributed by atoms with E-state index in [1.54, 1.807) is 31.3 Å². The van der Waals surface area contributed by atoms with E-state index in [0.717, 1.165) is 13.1 Å². The molecule has 0 bridgehead atoms. The summed E-state index contributed by atoms with van der Waals surface area (Å²) in [4.78, 5) is 7.22. The Morgan fingerprint density at radius 3 is 2.19 bits per heavy atom. The minimum absolute atomic E-state index is 0. The number of halogens is 1. The average molecular weight is 571 g/mol. The molecule has 8 heteroatoms. The molecule has 6 nitrogen and oxygen atoms in total.